The minimum atomic E-state index is -1.55. The van der Waals surface area contributed by atoms with Gasteiger partial charge in [-0.15, -0.1) is 0 Å². The molecule has 1 saturated carbocycles. The van der Waals surface area contributed by atoms with Crippen molar-refractivity contribution in [3.05, 3.63) is 0 Å². The number of aliphatic carboxylic acids is 1. The lowest BCUT2D eigenvalue weighted by atomic mass is 9.57. The Morgan fingerprint density at radius 2 is 1.67 bits per heavy atom. The van der Waals surface area contributed by atoms with Crippen LogP contribution >= 0.6 is 0 Å². The van der Waals surface area contributed by atoms with Gasteiger partial charge >= 0.3 is 5.97 Å². The third-order valence-corrected chi connectivity index (χ3v) is 4.23. The summed E-state index contributed by atoms with van der Waals surface area (Å²) in [6.45, 7) is 10.6. The number of carbonyl (C=O) groups is 1. The quantitative estimate of drug-likeness (QED) is 0.810. The fourth-order valence-electron chi connectivity index (χ4n) is 4.05. The molecular formula is C15H28O3. The number of hydrogen-bond acceptors (Lipinski definition) is 2. The number of carboxylic acid groups (broad SMARTS) is 1. The lowest BCUT2D eigenvalue weighted by Gasteiger charge is -2.49. The van der Waals surface area contributed by atoms with Crippen LogP contribution < -0.4 is 0 Å². The Morgan fingerprint density at radius 3 is 2.00 bits per heavy atom. The molecule has 3 heteroatoms. The van der Waals surface area contributed by atoms with Crippen LogP contribution in [-0.4, -0.2) is 21.8 Å². The first kappa shape index (κ1) is 15.5. The molecule has 0 heterocycles. The molecule has 0 aromatic carbocycles. The summed E-state index contributed by atoms with van der Waals surface area (Å²) in [6.07, 6.45) is 3.70. The Hall–Kier alpha value is -0.570. The van der Waals surface area contributed by atoms with Crippen LogP contribution in [0.25, 0.3) is 0 Å². The molecule has 1 aliphatic rings. The van der Waals surface area contributed by atoms with Crippen LogP contribution in [-0.2, 0) is 4.79 Å². The molecule has 0 saturated heterocycles. The Balaban J connectivity index is 3.02. The van der Waals surface area contributed by atoms with E-state index in [0.29, 0.717) is 12.8 Å². The smallest absolute Gasteiger partial charge is 0.335 e. The largest absolute Gasteiger partial charge is 0.479 e. The van der Waals surface area contributed by atoms with Gasteiger partial charge in [-0.1, -0.05) is 41.0 Å². The van der Waals surface area contributed by atoms with E-state index in [2.05, 4.69) is 27.7 Å². The van der Waals surface area contributed by atoms with Crippen LogP contribution in [0.3, 0.4) is 0 Å². The van der Waals surface area contributed by atoms with Crippen molar-refractivity contribution in [2.75, 3.05) is 0 Å². The molecule has 0 spiro atoms. The minimum Gasteiger partial charge on any atom is -0.479 e. The van der Waals surface area contributed by atoms with E-state index in [4.69, 9.17) is 0 Å². The first-order valence-electron chi connectivity index (χ1n) is 6.98. The summed E-state index contributed by atoms with van der Waals surface area (Å²) in [5.41, 5.74) is -1.35. The second-order valence-corrected chi connectivity index (χ2v) is 7.59. The highest BCUT2D eigenvalue weighted by Crippen LogP contribution is 2.51. The highest BCUT2D eigenvalue weighted by molar-refractivity contribution is 5.77. The van der Waals surface area contributed by atoms with Crippen LogP contribution in [0, 0.1) is 16.7 Å². The maximum Gasteiger partial charge on any atom is 0.335 e. The SMILES string of the molecule is CCCC(O)(C(=O)O)C1CC(C)(C)CC(C)(C)C1. The molecule has 0 bridgehead atoms. The Kier molecular flexibility index (Phi) is 4.16. The Morgan fingerprint density at radius 1 is 1.22 bits per heavy atom. The van der Waals surface area contributed by atoms with Crippen molar-refractivity contribution >= 4 is 5.97 Å². The molecule has 2 N–H and O–H groups in total. The monoisotopic (exact) mass is 256 g/mol. The maximum atomic E-state index is 11.5. The first-order chi connectivity index (χ1) is 8.02. The molecule has 1 fully saturated rings. The first-order valence-corrected chi connectivity index (χ1v) is 6.98. The standard InChI is InChI=1S/C15H28O3/c1-6-7-15(18,12(16)17)11-8-13(2,3)10-14(4,5)9-11/h11,18H,6-10H2,1-5H3,(H,16,17). The van der Waals surface area contributed by atoms with E-state index in [1.54, 1.807) is 0 Å². The lowest BCUT2D eigenvalue weighted by molar-refractivity contribution is -0.172. The summed E-state index contributed by atoms with van der Waals surface area (Å²) in [5, 5.41) is 20.0. The summed E-state index contributed by atoms with van der Waals surface area (Å²) in [6, 6.07) is 0. The van der Waals surface area contributed by atoms with Gasteiger partial charge in [0, 0.05) is 0 Å². The van der Waals surface area contributed by atoms with Crippen molar-refractivity contribution in [3.63, 3.8) is 0 Å². The summed E-state index contributed by atoms with van der Waals surface area (Å²) in [5.74, 6) is -1.20. The average molecular weight is 256 g/mol. The van der Waals surface area contributed by atoms with Gasteiger partial charge in [0.15, 0.2) is 5.60 Å². The number of rotatable bonds is 4. The fraction of sp³-hybridized carbons (Fsp3) is 0.933. The van der Waals surface area contributed by atoms with Crippen molar-refractivity contribution in [2.24, 2.45) is 16.7 Å². The number of hydrogen-bond donors (Lipinski definition) is 2. The topological polar surface area (TPSA) is 57.5 Å². The molecule has 0 aliphatic heterocycles. The molecule has 0 aromatic rings. The van der Waals surface area contributed by atoms with Crippen molar-refractivity contribution in [1.29, 1.82) is 0 Å². The second-order valence-electron chi connectivity index (χ2n) is 7.59. The zero-order valence-corrected chi connectivity index (χ0v) is 12.4. The van der Waals surface area contributed by atoms with Crippen LogP contribution in [0.1, 0.15) is 66.7 Å². The Bertz CT molecular complexity index is 304. The molecule has 1 rings (SSSR count). The molecule has 18 heavy (non-hydrogen) atoms. The highest BCUT2D eigenvalue weighted by atomic mass is 16.4. The molecule has 106 valence electrons. The fourth-order valence-corrected chi connectivity index (χ4v) is 4.05. The predicted octanol–water partition coefficient (Wildman–Crippen LogP) is 3.45. The van der Waals surface area contributed by atoms with E-state index in [1.165, 1.54) is 0 Å². The van der Waals surface area contributed by atoms with Gasteiger partial charge in [0.25, 0.3) is 0 Å². The predicted molar refractivity (Wildman–Crippen MR) is 72.4 cm³/mol. The molecule has 0 aromatic heterocycles. The lowest BCUT2D eigenvalue weighted by Crippen LogP contribution is -2.51. The van der Waals surface area contributed by atoms with Crippen molar-refractivity contribution in [3.8, 4) is 0 Å². The van der Waals surface area contributed by atoms with Crippen LogP contribution in [0.15, 0.2) is 0 Å². The molecular weight excluding hydrogens is 228 g/mol. The van der Waals surface area contributed by atoms with E-state index in [0.717, 1.165) is 19.3 Å². The molecule has 1 unspecified atom stereocenters. The highest BCUT2D eigenvalue weighted by Gasteiger charge is 2.50. The van der Waals surface area contributed by atoms with Gasteiger partial charge in [-0.3, -0.25) is 0 Å². The minimum absolute atomic E-state index is 0.101. The molecule has 1 atom stereocenters. The van der Waals surface area contributed by atoms with E-state index >= 15 is 0 Å². The summed E-state index contributed by atoms with van der Waals surface area (Å²) in [4.78, 5) is 11.5. The van der Waals surface area contributed by atoms with Gasteiger partial charge in [-0.25, -0.2) is 4.79 Å². The van der Waals surface area contributed by atoms with Gasteiger partial charge in [-0.05, 0) is 42.4 Å². The third kappa shape index (κ3) is 3.25. The van der Waals surface area contributed by atoms with Crippen molar-refractivity contribution in [2.45, 2.75) is 72.3 Å². The summed E-state index contributed by atoms with van der Waals surface area (Å²) < 4.78 is 0. The zero-order chi connectivity index (χ0) is 14.2. The van der Waals surface area contributed by atoms with E-state index in [1.807, 2.05) is 6.92 Å². The summed E-state index contributed by atoms with van der Waals surface area (Å²) >= 11 is 0. The van der Waals surface area contributed by atoms with E-state index in [9.17, 15) is 15.0 Å². The van der Waals surface area contributed by atoms with Gasteiger partial charge < -0.3 is 10.2 Å². The van der Waals surface area contributed by atoms with Crippen LogP contribution in [0.2, 0.25) is 0 Å². The second kappa shape index (κ2) is 4.84. The Labute approximate surface area is 111 Å². The van der Waals surface area contributed by atoms with Crippen molar-refractivity contribution in [1.82, 2.24) is 0 Å². The van der Waals surface area contributed by atoms with Crippen molar-refractivity contribution < 1.29 is 15.0 Å². The average Bonchev–Trinajstić information content (AvgIpc) is 2.12. The third-order valence-electron chi connectivity index (χ3n) is 4.23. The molecule has 1 aliphatic carbocycles. The number of carboxylic acids is 1. The van der Waals surface area contributed by atoms with Gasteiger partial charge in [0.1, 0.15) is 0 Å². The van der Waals surface area contributed by atoms with E-state index in [-0.39, 0.29) is 16.7 Å². The van der Waals surface area contributed by atoms with Gasteiger partial charge in [0.2, 0.25) is 0 Å². The maximum absolute atomic E-state index is 11.5. The van der Waals surface area contributed by atoms with Gasteiger partial charge in [-0.2, -0.15) is 0 Å². The zero-order valence-electron chi connectivity index (χ0n) is 12.4. The van der Waals surface area contributed by atoms with Crippen LogP contribution in [0.4, 0.5) is 0 Å². The summed E-state index contributed by atoms with van der Waals surface area (Å²) in [7, 11) is 0. The normalized spacial score (nSPS) is 26.6. The number of aliphatic hydroxyl groups is 1. The molecule has 3 nitrogen and oxygen atoms in total. The molecule has 0 radical (unpaired) electrons. The van der Waals surface area contributed by atoms with Gasteiger partial charge in [0.05, 0.1) is 0 Å². The van der Waals surface area contributed by atoms with Crippen LogP contribution in [0.5, 0.6) is 0 Å². The molecule has 0 amide bonds. The van der Waals surface area contributed by atoms with E-state index < -0.39 is 11.6 Å².